The van der Waals surface area contributed by atoms with Crippen LogP contribution in [-0.2, 0) is 14.6 Å². The third-order valence-electron chi connectivity index (χ3n) is 4.02. The Morgan fingerprint density at radius 2 is 2.04 bits per heavy atom. The minimum Gasteiger partial charge on any atom is -0.340 e. The number of benzene rings is 1. The van der Waals surface area contributed by atoms with Crippen LogP contribution in [0.25, 0.3) is 0 Å². The molecule has 7 nitrogen and oxygen atoms in total. The highest BCUT2D eigenvalue weighted by Gasteiger charge is 2.28. The number of sulfone groups is 1. The number of carbonyl (C=O) groups excluding carboxylic acids is 1. The van der Waals surface area contributed by atoms with Crippen molar-refractivity contribution in [3.05, 3.63) is 42.7 Å². The zero-order chi connectivity index (χ0) is 16.3. The Bertz CT molecular complexity index is 759. The van der Waals surface area contributed by atoms with E-state index in [1.54, 1.807) is 52.3 Å². The molecule has 1 aromatic heterocycles. The number of amides is 1. The van der Waals surface area contributed by atoms with Crippen molar-refractivity contribution in [1.82, 2.24) is 19.9 Å². The zero-order valence-corrected chi connectivity index (χ0v) is 13.4. The summed E-state index contributed by atoms with van der Waals surface area (Å²) in [5, 5.41) is 7.72. The Labute approximate surface area is 134 Å². The van der Waals surface area contributed by atoms with Gasteiger partial charge in [0.05, 0.1) is 22.9 Å². The Kier molecular flexibility index (Phi) is 4.42. The average molecular weight is 334 g/mol. The lowest BCUT2D eigenvalue weighted by molar-refractivity contribution is -0.129. The maximum absolute atomic E-state index is 12.3. The Hall–Kier alpha value is -2.22. The first-order valence-corrected chi connectivity index (χ1v) is 9.13. The fraction of sp³-hybridized carbons (Fsp3) is 0.400. The highest BCUT2D eigenvalue weighted by molar-refractivity contribution is 7.91. The van der Waals surface area contributed by atoms with E-state index < -0.39 is 9.84 Å². The van der Waals surface area contributed by atoms with Crippen molar-refractivity contribution >= 4 is 15.7 Å². The Balaban J connectivity index is 1.56. The lowest BCUT2D eigenvalue weighted by atomic mass is 10.3. The van der Waals surface area contributed by atoms with Crippen molar-refractivity contribution in [1.29, 1.82) is 0 Å². The van der Waals surface area contributed by atoms with Crippen molar-refractivity contribution in [2.75, 3.05) is 18.8 Å². The maximum Gasteiger partial charge on any atom is 0.223 e. The first-order chi connectivity index (χ1) is 11.1. The monoisotopic (exact) mass is 334 g/mol. The van der Waals surface area contributed by atoms with Crippen LogP contribution in [0.15, 0.2) is 47.6 Å². The second-order valence-corrected chi connectivity index (χ2v) is 7.66. The lowest BCUT2D eigenvalue weighted by Gasteiger charge is -2.16. The van der Waals surface area contributed by atoms with Gasteiger partial charge in [-0.3, -0.25) is 4.79 Å². The number of hydrogen-bond acceptors (Lipinski definition) is 5. The fourth-order valence-electron chi connectivity index (χ4n) is 2.72. The molecular weight excluding hydrogens is 316 g/mol. The number of hydrogen-bond donors (Lipinski definition) is 0. The van der Waals surface area contributed by atoms with Crippen LogP contribution in [0, 0.1) is 0 Å². The molecule has 1 saturated heterocycles. The lowest BCUT2D eigenvalue weighted by Crippen LogP contribution is -2.30. The van der Waals surface area contributed by atoms with Gasteiger partial charge in [0.1, 0.15) is 0 Å². The molecule has 1 aliphatic heterocycles. The third-order valence-corrected chi connectivity index (χ3v) is 5.75. The van der Waals surface area contributed by atoms with Crippen LogP contribution in [0.4, 0.5) is 0 Å². The Morgan fingerprint density at radius 1 is 1.26 bits per heavy atom. The molecule has 0 spiro atoms. The summed E-state index contributed by atoms with van der Waals surface area (Å²) in [5.74, 6) is -0.299. The average Bonchev–Trinajstić information content (AvgIpc) is 3.24. The summed E-state index contributed by atoms with van der Waals surface area (Å²) in [6.45, 7) is 1.17. The number of nitrogens with zero attached hydrogens (tertiary/aromatic N) is 4. The van der Waals surface area contributed by atoms with E-state index in [2.05, 4.69) is 10.3 Å². The summed E-state index contributed by atoms with van der Waals surface area (Å²) in [6.07, 6.45) is 4.19. The van der Waals surface area contributed by atoms with Crippen LogP contribution in [0.1, 0.15) is 18.9 Å². The topological polar surface area (TPSA) is 85.2 Å². The third kappa shape index (κ3) is 3.58. The van der Waals surface area contributed by atoms with E-state index in [9.17, 15) is 13.2 Å². The molecule has 2 heterocycles. The standard InChI is InChI=1S/C15H18N4O3S/c20-15(7-11-23(21,22)14-4-2-1-3-5-14)18-9-6-13(12-18)19-10-8-16-17-19/h1-5,8,10,13H,6-7,9,11-12H2/t13-/m0/s1. The molecule has 2 aromatic rings. The number of carbonyl (C=O) groups is 1. The summed E-state index contributed by atoms with van der Waals surface area (Å²) >= 11 is 0. The number of likely N-dealkylation sites (tertiary alicyclic amines) is 1. The molecule has 0 saturated carbocycles. The number of aromatic nitrogens is 3. The SMILES string of the molecule is O=C(CCS(=O)(=O)c1ccccc1)N1CC[C@H](n2ccnn2)C1. The van der Waals surface area contributed by atoms with Gasteiger partial charge in [0.25, 0.3) is 0 Å². The van der Waals surface area contributed by atoms with Gasteiger partial charge in [-0.25, -0.2) is 13.1 Å². The second kappa shape index (κ2) is 6.49. The van der Waals surface area contributed by atoms with Gasteiger partial charge >= 0.3 is 0 Å². The molecule has 0 radical (unpaired) electrons. The molecule has 1 aliphatic rings. The van der Waals surface area contributed by atoms with Gasteiger partial charge in [-0.2, -0.15) is 0 Å². The van der Waals surface area contributed by atoms with Gasteiger partial charge < -0.3 is 4.90 Å². The van der Waals surface area contributed by atoms with Crippen molar-refractivity contribution in [2.45, 2.75) is 23.8 Å². The molecule has 3 rings (SSSR count). The molecule has 1 amide bonds. The highest BCUT2D eigenvalue weighted by atomic mass is 32.2. The fourth-order valence-corrected chi connectivity index (χ4v) is 3.97. The van der Waals surface area contributed by atoms with Crippen LogP contribution in [-0.4, -0.2) is 53.1 Å². The normalized spacial score (nSPS) is 18.3. The van der Waals surface area contributed by atoms with Gasteiger partial charge in [-0.1, -0.05) is 23.4 Å². The molecular formula is C15H18N4O3S. The maximum atomic E-state index is 12.3. The van der Waals surface area contributed by atoms with Crippen molar-refractivity contribution in [3.63, 3.8) is 0 Å². The van der Waals surface area contributed by atoms with E-state index in [1.165, 1.54) is 0 Å². The van der Waals surface area contributed by atoms with E-state index in [0.717, 1.165) is 6.42 Å². The molecule has 1 fully saturated rings. The smallest absolute Gasteiger partial charge is 0.223 e. The molecule has 0 aliphatic carbocycles. The van der Waals surface area contributed by atoms with Gasteiger partial charge in [-0.05, 0) is 18.6 Å². The minimum atomic E-state index is -3.42. The van der Waals surface area contributed by atoms with Crippen molar-refractivity contribution in [3.8, 4) is 0 Å². The summed E-state index contributed by atoms with van der Waals surface area (Å²) in [7, 11) is -3.42. The van der Waals surface area contributed by atoms with Crippen LogP contribution in [0.5, 0.6) is 0 Å². The quantitative estimate of drug-likeness (QED) is 0.811. The van der Waals surface area contributed by atoms with Gasteiger partial charge in [0, 0.05) is 25.7 Å². The summed E-state index contributed by atoms with van der Waals surface area (Å²) in [4.78, 5) is 14.2. The van der Waals surface area contributed by atoms with Crippen LogP contribution >= 0.6 is 0 Å². The van der Waals surface area contributed by atoms with E-state index >= 15 is 0 Å². The van der Waals surface area contributed by atoms with Crippen molar-refractivity contribution < 1.29 is 13.2 Å². The first-order valence-electron chi connectivity index (χ1n) is 7.47. The number of rotatable bonds is 5. The predicted molar refractivity (Wildman–Crippen MR) is 83.4 cm³/mol. The zero-order valence-electron chi connectivity index (χ0n) is 12.6. The molecule has 0 unspecified atom stereocenters. The van der Waals surface area contributed by atoms with Gasteiger partial charge in [0.15, 0.2) is 9.84 Å². The first kappa shape index (κ1) is 15.7. The van der Waals surface area contributed by atoms with Gasteiger partial charge in [-0.15, -0.1) is 5.10 Å². The second-order valence-electron chi connectivity index (χ2n) is 5.55. The van der Waals surface area contributed by atoms with E-state index in [-0.39, 0.29) is 29.0 Å². The van der Waals surface area contributed by atoms with Crippen LogP contribution < -0.4 is 0 Å². The largest absolute Gasteiger partial charge is 0.340 e. The van der Waals surface area contributed by atoms with Gasteiger partial charge in [0.2, 0.25) is 5.91 Å². The van der Waals surface area contributed by atoms with Crippen LogP contribution in [0.3, 0.4) is 0 Å². The molecule has 1 aromatic carbocycles. The van der Waals surface area contributed by atoms with E-state index in [4.69, 9.17) is 0 Å². The minimum absolute atomic E-state index is 0.00129. The molecule has 122 valence electrons. The summed E-state index contributed by atoms with van der Waals surface area (Å²) in [6, 6.07) is 8.34. The molecule has 1 atom stereocenters. The summed E-state index contributed by atoms with van der Waals surface area (Å²) in [5.41, 5.74) is 0. The van der Waals surface area contributed by atoms with E-state index in [0.29, 0.717) is 13.1 Å². The van der Waals surface area contributed by atoms with E-state index in [1.807, 2.05) is 0 Å². The van der Waals surface area contributed by atoms with Crippen LogP contribution in [0.2, 0.25) is 0 Å². The Morgan fingerprint density at radius 3 is 2.74 bits per heavy atom. The molecule has 0 N–H and O–H groups in total. The molecule has 8 heteroatoms. The molecule has 0 bridgehead atoms. The highest BCUT2D eigenvalue weighted by Crippen LogP contribution is 2.21. The van der Waals surface area contributed by atoms with Crippen molar-refractivity contribution in [2.24, 2.45) is 0 Å². The summed E-state index contributed by atoms with van der Waals surface area (Å²) < 4.78 is 26.2. The predicted octanol–water partition coefficient (Wildman–Crippen LogP) is 0.916. The molecule has 23 heavy (non-hydrogen) atoms.